The molecule has 2 unspecified atom stereocenters. The van der Waals surface area contributed by atoms with Crippen molar-refractivity contribution in [3.63, 3.8) is 0 Å². The van der Waals surface area contributed by atoms with Gasteiger partial charge in [-0.3, -0.25) is 4.79 Å². The zero-order chi connectivity index (χ0) is 13.3. The van der Waals surface area contributed by atoms with Crippen molar-refractivity contribution in [2.45, 2.75) is 38.9 Å². The van der Waals surface area contributed by atoms with Crippen LogP contribution in [0.15, 0.2) is 4.52 Å². The van der Waals surface area contributed by atoms with Gasteiger partial charge in [0.05, 0.1) is 11.8 Å². The average Bonchev–Trinajstić information content (AvgIpc) is 2.82. The number of aryl methyl sites for hydroxylation is 2. The molecule has 6 nitrogen and oxygen atoms in total. The SMILES string of the molecule is Cc1noc(C)c1C(=O)NCC1(O)CCOC1C. The van der Waals surface area contributed by atoms with Gasteiger partial charge in [-0.1, -0.05) is 5.16 Å². The van der Waals surface area contributed by atoms with Crippen molar-refractivity contribution in [1.29, 1.82) is 0 Å². The standard InChI is InChI=1S/C12H18N2O4/c1-7-10(8(2)18-14-7)11(15)13-6-12(16)4-5-17-9(12)3/h9,16H,4-6H2,1-3H3,(H,13,15). The second-order valence-corrected chi connectivity index (χ2v) is 4.75. The summed E-state index contributed by atoms with van der Waals surface area (Å²) in [6, 6.07) is 0. The predicted molar refractivity (Wildman–Crippen MR) is 63.3 cm³/mol. The molecule has 1 aliphatic rings. The summed E-state index contributed by atoms with van der Waals surface area (Å²) in [4.78, 5) is 12.0. The molecule has 1 fully saturated rings. The monoisotopic (exact) mass is 254 g/mol. The summed E-state index contributed by atoms with van der Waals surface area (Å²) in [7, 11) is 0. The first-order valence-corrected chi connectivity index (χ1v) is 5.99. The van der Waals surface area contributed by atoms with Crippen LogP contribution in [0.2, 0.25) is 0 Å². The summed E-state index contributed by atoms with van der Waals surface area (Å²) in [5.74, 6) is 0.200. The Morgan fingerprint density at radius 2 is 2.33 bits per heavy atom. The lowest BCUT2D eigenvalue weighted by atomic mass is 9.96. The molecule has 18 heavy (non-hydrogen) atoms. The maximum atomic E-state index is 12.0. The van der Waals surface area contributed by atoms with Crippen molar-refractivity contribution in [3.8, 4) is 0 Å². The van der Waals surface area contributed by atoms with Gasteiger partial charge in [-0.05, 0) is 20.8 Å². The molecule has 1 amide bonds. The summed E-state index contributed by atoms with van der Waals surface area (Å²) in [6.07, 6.45) is 0.248. The minimum absolute atomic E-state index is 0.164. The molecule has 1 aromatic heterocycles. The molecule has 0 bridgehead atoms. The van der Waals surface area contributed by atoms with Crippen molar-refractivity contribution >= 4 is 5.91 Å². The van der Waals surface area contributed by atoms with Crippen LogP contribution in [0.25, 0.3) is 0 Å². The molecule has 0 aliphatic carbocycles. The third-order valence-electron chi connectivity index (χ3n) is 3.48. The topological polar surface area (TPSA) is 84.6 Å². The summed E-state index contributed by atoms with van der Waals surface area (Å²) >= 11 is 0. The van der Waals surface area contributed by atoms with Crippen LogP contribution >= 0.6 is 0 Å². The van der Waals surface area contributed by atoms with Crippen LogP contribution in [-0.2, 0) is 4.74 Å². The van der Waals surface area contributed by atoms with E-state index < -0.39 is 5.60 Å². The Morgan fingerprint density at radius 3 is 2.83 bits per heavy atom. The Hall–Kier alpha value is -1.40. The molecule has 2 heterocycles. The summed E-state index contributed by atoms with van der Waals surface area (Å²) in [6.45, 7) is 5.87. The number of nitrogens with one attached hydrogen (secondary N) is 1. The number of hydrogen-bond acceptors (Lipinski definition) is 5. The van der Waals surface area contributed by atoms with Crippen molar-refractivity contribution in [3.05, 3.63) is 17.0 Å². The van der Waals surface area contributed by atoms with E-state index in [1.165, 1.54) is 0 Å². The van der Waals surface area contributed by atoms with Gasteiger partial charge in [-0.2, -0.15) is 0 Å². The minimum Gasteiger partial charge on any atom is -0.385 e. The third-order valence-corrected chi connectivity index (χ3v) is 3.48. The summed E-state index contributed by atoms with van der Waals surface area (Å²) < 4.78 is 10.2. The first-order valence-electron chi connectivity index (χ1n) is 5.99. The van der Waals surface area contributed by atoms with Crippen LogP contribution in [0.4, 0.5) is 0 Å². The van der Waals surface area contributed by atoms with Gasteiger partial charge in [0.15, 0.2) is 0 Å². The maximum Gasteiger partial charge on any atom is 0.256 e. The number of rotatable bonds is 3. The fourth-order valence-corrected chi connectivity index (χ4v) is 2.13. The molecule has 1 aliphatic heterocycles. The molecule has 2 atom stereocenters. The van der Waals surface area contributed by atoms with E-state index in [1.54, 1.807) is 20.8 Å². The largest absolute Gasteiger partial charge is 0.385 e. The number of amides is 1. The molecular formula is C12H18N2O4. The molecule has 1 saturated heterocycles. The Kier molecular flexibility index (Phi) is 3.41. The van der Waals surface area contributed by atoms with E-state index >= 15 is 0 Å². The van der Waals surface area contributed by atoms with Crippen LogP contribution in [-0.4, -0.2) is 41.0 Å². The molecular weight excluding hydrogens is 236 g/mol. The molecule has 0 aromatic carbocycles. The Balaban J connectivity index is 2.01. The molecule has 0 radical (unpaired) electrons. The molecule has 2 N–H and O–H groups in total. The van der Waals surface area contributed by atoms with Crippen molar-refractivity contribution < 1.29 is 19.2 Å². The van der Waals surface area contributed by atoms with Crippen LogP contribution in [0, 0.1) is 13.8 Å². The number of hydrogen-bond donors (Lipinski definition) is 2. The molecule has 1 aromatic rings. The smallest absolute Gasteiger partial charge is 0.256 e. The zero-order valence-corrected chi connectivity index (χ0v) is 10.8. The van der Waals surface area contributed by atoms with Crippen LogP contribution in [0.1, 0.15) is 35.2 Å². The van der Waals surface area contributed by atoms with Gasteiger partial charge in [-0.15, -0.1) is 0 Å². The van der Waals surface area contributed by atoms with E-state index in [0.717, 1.165) is 0 Å². The molecule has 100 valence electrons. The Labute approximate surface area is 105 Å². The second kappa shape index (κ2) is 4.70. The molecule has 6 heteroatoms. The van der Waals surface area contributed by atoms with E-state index in [-0.39, 0.29) is 18.6 Å². The molecule has 0 saturated carbocycles. The highest BCUT2D eigenvalue weighted by molar-refractivity contribution is 5.96. The maximum absolute atomic E-state index is 12.0. The fraction of sp³-hybridized carbons (Fsp3) is 0.667. The summed E-state index contributed by atoms with van der Waals surface area (Å²) in [5.41, 5.74) is -0.00729. The number of ether oxygens (including phenoxy) is 1. The first-order chi connectivity index (χ1) is 8.44. The van der Waals surface area contributed by atoms with E-state index in [0.29, 0.717) is 30.0 Å². The normalized spacial score (nSPS) is 27.4. The summed E-state index contributed by atoms with van der Waals surface area (Å²) in [5, 5.41) is 16.7. The van der Waals surface area contributed by atoms with Crippen LogP contribution < -0.4 is 5.32 Å². The van der Waals surface area contributed by atoms with Gasteiger partial charge in [-0.25, -0.2) is 0 Å². The van der Waals surface area contributed by atoms with Gasteiger partial charge in [0.2, 0.25) is 0 Å². The number of carbonyl (C=O) groups excluding carboxylic acids is 1. The van der Waals surface area contributed by atoms with Gasteiger partial charge in [0.25, 0.3) is 5.91 Å². The minimum atomic E-state index is -0.991. The number of aliphatic hydroxyl groups is 1. The zero-order valence-electron chi connectivity index (χ0n) is 10.8. The lowest BCUT2D eigenvalue weighted by Gasteiger charge is -2.26. The highest BCUT2D eigenvalue weighted by atomic mass is 16.5. The predicted octanol–water partition coefficient (Wildman–Crippen LogP) is 0.561. The molecule has 0 spiro atoms. The van der Waals surface area contributed by atoms with Crippen LogP contribution in [0.3, 0.4) is 0 Å². The highest BCUT2D eigenvalue weighted by Gasteiger charge is 2.39. The van der Waals surface area contributed by atoms with E-state index in [2.05, 4.69) is 10.5 Å². The number of aromatic nitrogens is 1. The first kappa shape index (κ1) is 13.0. The third kappa shape index (κ3) is 2.26. The van der Waals surface area contributed by atoms with E-state index in [9.17, 15) is 9.90 Å². The van der Waals surface area contributed by atoms with Crippen molar-refractivity contribution in [2.24, 2.45) is 0 Å². The van der Waals surface area contributed by atoms with E-state index in [4.69, 9.17) is 9.26 Å². The van der Waals surface area contributed by atoms with E-state index in [1.807, 2.05) is 0 Å². The quantitative estimate of drug-likeness (QED) is 0.823. The number of nitrogens with zero attached hydrogens (tertiary/aromatic N) is 1. The van der Waals surface area contributed by atoms with Gasteiger partial charge in [0, 0.05) is 19.6 Å². The Bertz CT molecular complexity index is 437. The van der Waals surface area contributed by atoms with Crippen LogP contribution in [0.5, 0.6) is 0 Å². The second-order valence-electron chi connectivity index (χ2n) is 4.75. The highest BCUT2D eigenvalue weighted by Crippen LogP contribution is 2.25. The fourth-order valence-electron chi connectivity index (χ4n) is 2.13. The van der Waals surface area contributed by atoms with Crippen molar-refractivity contribution in [2.75, 3.05) is 13.2 Å². The Morgan fingerprint density at radius 1 is 1.61 bits per heavy atom. The van der Waals surface area contributed by atoms with Gasteiger partial charge in [0.1, 0.15) is 16.9 Å². The molecule has 2 rings (SSSR count). The lowest BCUT2D eigenvalue weighted by molar-refractivity contribution is -0.0251. The van der Waals surface area contributed by atoms with Gasteiger partial charge < -0.3 is 19.7 Å². The van der Waals surface area contributed by atoms with Crippen molar-refractivity contribution in [1.82, 2.24) is 10.5 Å². The average molecular weight is 254 g/mol. The van der Waals surface area contributed by atoms with Gasteiger partial charge >= 0.3 is 0 Å². The lowest BCUT2D eigenvalue weighted by Crippen LogP contribution is -2.47. The number of carbonyl (C=O) groups is 1.